The lowest BCUT2D eigenvalue weighted by Crippen LogP contribution is -2.36. The normalized spacial score (nSPS) is 46.6. The van der Waals surface area contributed by atoms with Gasteiger partial charge in [0.25, 0.3) is 0 Å². The third kappa shape index (κ3) is 0.822. The van der Waals surface area contributed by atoms with Gasteiger partial charge in [-0.05, 0) is 18.8 Å². The molecule has 0 aromatic carbocycles. The molecule has 3 heteroatoms. The van der Waals surface area contributed by atoms with Crippen LogP contribution in [0.3, 0.4) is 0 Å². The Labute approximate surface area is 69.9 Å². The van der Waals surface area contributed by atoms with E-state index in [9.17, 15) is 4.79 Å². The first-order valence-electron chi connectivity index (χ1n) is 3.73. The first kappa shape index (κ1) is 7.17. The monoisotopic (exact) mass is 172 g/mol. The summed E-state index contributed by atoms with van der Waals surface area (Å²) in [4.78, 5) is 9.76. The van der Waals surface area contributed by atoms with Crippen LogP contribution in [0.5, 0.6) is 0 Å². The van der Waals surface area contributed by atoms with E-state index < -0.39 is 10.8 Å². The molecule has 11 heavy (non-hydrogen) atoms. The van der Waals surface area contributed by atoms with E-state index in [1.807, 2.05) is 6.08 Å². The number of carboxylic acid groups (broad SMARTS) is 1. The number of allylic oxidation sites excluding steroid dienone is 2. The van der Waals surface area contributed by atoms with Gasteiger partial charge in [0.05, 0.1) is 0 Å². The van der Waals surface area contributed by atoms with E-state index in [0.717, 1.165) is 6.42 Å². The third-order valence-corrected chi connectivity index (χ3v) is 3.27. The molecular formula is C8H9ClO2. The summed E-state index contributed by atoms with van der Waals surface area (Å²) in [5, 5.41) is 8.83. The van der Waals surface area contributed by atoms with Gasteiger partial charge in [-0.1, -0.05) is 12.2 Å². The summed E-state index contributed by atoms with van der Waals surface area (Å²) in [6.45, 7) is 0. The Kier molecular flexibility index (Phi) is 1.31. The van der Waals surface area contributed by atoms with Crippen molar-refractivity contribution in [2.45, 2.75) is 17.7 Å². The summed E-state index contributed by atoms with van der Waals surface area (Å²) in [6.07, 6.45) is 5.55. The van der Waals surface area contributed by atoms with Crippen LogP contribution in [0.25, 0.3) is 0 Å². The molecule has 0 spiro atoms. The van der Waals surface area contributed by atoms with Crippen LogP contribution in [0.1, 0.15) is 12.8 Å². The maximum atomic E-state index is 10.7. The zero-order valence-electron chi connectivity index (χ0n) is 5.96. The molecule has 0 heterocycles. The standard InChI is InChI=1S/C8H9ClO2/c9-8(7(10)11)4-5-1-2-6(8)3-5/h1-2,5-6H,3-4H2,(H,10,11)/t5-,6+,8+/m1/s1. The fourth-order valence-electron chi connectivity index (χ4n) is 2.04. The van der Waals surface area contributed by atoms with Gasteiger partial charge >= 0.3 is 5.97 Å². The van der Waals surface area contributed by atoms with E-state index in [1.54, 1.807) is 0 Å². The number of aliphatic carboxylic acids is 1. The smallest absolute Gasteiger partial charge is 0.325 e. The third-order valence-electron chi connectivity index (χ3n) is 2.67. The van der Waals surface area contributed by atoms with Crippen LogP contribution in [0.2, 0.25) is 0 Å². The minimum Gasteiger partial charge on any atom is -0.480 e. The van der Waals surface area contributed by atoms with Crippen molar-refractivity contribution in [1.29, 1.82) is 0 Å². The lowest BCUT2D eigenvalue weighted by Gasteiger charge is -2.22. The number of alkyl halides is 1. The molecule has 3 atom stereocenters. The summed E-state index contributed by atoms with van der Waals surface area (Å²) in [7, 11) is 0. The Morgan fingerprint density at radius 1 is 1.64 bits per heavy atom. The molecule has 0 saturated heterocycles. The zero-order valence-corrected chi connectivity index (χ0v) is 6.71. The highest BCUT2D eigenvalue weighted by atomic mass is 35.5. The molecule has 0 aliphatic heterocycles. The second-order valence-corrected chi connectivity index (χ2v) is 4.03. The summed E-state index contributed by atoms with van der Waals surface area (Å²) in [6, 6.07) is 0. The van der Waals surface area contributed by atoms with Crippen LogP contribution >= 0.6 is 11.6 Å². The van der Waals surface area contributed by atoms with E-state index in [0.29, 0.717) is 12.3 Å². The summed E-state index contributed by atoms with van der Waals surface area (Å²) in [5.41, 5.74) is 0. The highest BCUT2D eigenvalue weighted by Crippen LogP contribution is 2.50. The minimum absolute atomic E-state index is 0.0617. The molecule has 1 fully saturated rings. The van der Waals surface area contributed by atoms with Crippen molar-refractivity contribution in [3.8, 4) is 0 Å². The number of hydrogen-bond donors (Lipinski definition) is 1. The van der Waals surface area contributed by atoms with Crippen molar-refractivity contribution in [2.75, 3.05) is 0 Å². The molecule has 2 aliphatic rings. The highest BCUT2D eigenvalue weighted by Gasteiger charge is 2.52. The van der Waals surface area contributed by atoms with Crippen molar-refractivity contribution in [3.05, 3.63) is 12.2 Å². The first-order chi connectivity index (χ1) is 5.13. The molecule has 1 N–H and O–H groups in total. The molecule has 2 bridgehead atoms. The SMILES string of the molecule is O=C(O)[C@]1(Cl)C[C@@H]2C=C[C@H]1C2. The number of halogens is 1. The lowest BCUT2D eigenvalue weighted by atomic mass is 9.93. The second-order valence-electron chi connectivity index (χ2n) is 3.36. The topological polar surface area (TPSA) is 37.3 Å². The van der Waals surface area contributed by atoms with Gasteiger partial charge in [-0.3, -0.25) is 4.79 Å². The molecule has 0 unspecified atom stereocenters. The second kappa shape index (κ2) is 2.01. The zero-order chi connectivity index (χ0) is 8.06. The highest BCUT2D eigenvalue weighted by molar-refractivity contribution is 6.34. The molecule has 0 aromatic rings. The molecule has 1 saturated carbocycles. The molecule has 2 aliphatic carbocycles. The molecular weight excluding hydrogens is 164 g/mol. The summed E-state index contributed by atoms with van der Waals surface area (Å²) < 4.78 is 0. The predicted octanol–water partition coefficient (Wildman–Crippen LogP) is 1.64. The molecule has 2 nitrogen and oxygen atoms in total. The van der Waals surface area contributed by atoms with Crippen molar-refractivity contribution >= 4 is 17.6 Å². The van der Waals surface area contributed by atoms with Crippen LogP contribution in [0.15, 0.2) is 12.2 Å². The van der Waals surface area contributed by atoms with E-state index >= 15 is 0 Å². The first-order valence-corrected chi connectivity index (χ1v) is 4.11. The Balaban J connectivity index is 2.30. The van der Waals surface area contributed by atoms with Crippen LogP contribution in [-0.2, 0) is 4.79 Å². The Morgan fingerprint density at radius 2 is 2.36 bits per heavy atom. The maximum absolute atomic E-state index is 10.7. The van der Waals surface area contributed by atoms with Crippen molar-refractivity contribution in [1.82, 2.24) is 0 Å². The fourth-order valence-corrected chi connectivity index (χ4v) is 2.40. The molecule has 60 valence electrons. The fraction of sp³-hybridized carbons (Fsp3) is 0.625. The van der Waals surface area contributed by atoms with Crippen molar-refractivity contribution in [2.24, 2.45) is 11.8 Å². The van der Waals surface area contributed by atoms with Crippen LogP contribution in [-0.4, -0.2) is 16.0 Å². The van der Waals surface area contributed by atoms with Crippen LogP contribution in [0.4, 0.5) is 0 Å². The minimum atomic E-state index is -0.987. The predicted molar refractivity (Wildman–Crippen MR) is 41.6 cm³/mol. The number of fused-ring (bicyclic) bond motifs is 2. The van der Waals surface area contributed by atoms with Crippen LogP contribution < -0.4 is 0 Å². The van der Waals surface area contributed by atoms with E-state index in [-0.39, 0.29) is 5.92 Å². The molecule has 2 rings (SSSR count). The number of carbonyl (C=O) groups is 1. The van der Waals surface area contributed by atoms with Gasteiger partial charge in [-0.15, -0.1) is 11.6 Å². The largest absolute Gasteiger partial charge is 0.480 e. The number of rotatable bonds is 1. The molecule has 0 radical (unpaired) electrons. The van der Waals surface area contributed by atoms with Gasteiger partial charge < -0.3 is 5.11 Å². The average molecular weight is 173 g/mol. The Morgan fingerprint density at radius 3 is 2.64 bits per heavy atom. The van der Waals surface area contributed by atoms with Crippen molar-refractivity contribution in [3.63, 3.8) is 0 Å². The van der Waals surface area contributed by atoms with Gasteiger partial charge in [-0.25, -0.2) is 0 Å². The van der Waals surface area contributed by atoms with Gasteiger partial charge in [0, 0.05) is 5.92 Å². The maximum Gasteiger partial charge on any atom is 0.325 e. The molecule has 0 amide bonds. The van der Waals surface area contributed by atoms with Gasteiger partial charge in [0.2, 0.25) is 0 Å². The van der Waals surface area contributed by atoms with Gasteiger partial charge in [0.15, 0.2) is 0 Å². The van der Waals surface area contributed by atoms with E-state index in [1.165, 1.54) is 0 Å². The number of hydrogen-bond acceptors (Lipinski definition) is 1. The quantitative estimate of drug-likeness (QED) is 0.482. The van der Waals surface area contributed by atoms with Crippen LogP contribution in [0, 0.1) is 11.8 Å². The van der Waals surface area contributed by atoms with E-state index in [4.69, 9.17) is 16.7 Å². The number of carboxylic acids is 1. The summed E-state index contributed by atoms with van der Waals surface area (Å²) >= 11 is 5.95. The lowest BCUT2D eigenvalue weighted by molar-refractivity contribution is -0.140. The molecule has 0 aromatic heterocycles. The Hall–Kier alpha value is -0.500. The van der Waals surface area contributed by atoms with Gasteiger partial charge in [0.1, 0.15) is 4.87 Å². The Bertz CT molecular complexity index is 236. The van der Waals surface area contributed by atoms with Crippen molar-refractivity contribution < 1.29 is 9.90 Å². The van der Waals surface area contributed by atoms with Gasteiger partial charge in [-0.2, -0.15) is 0 Å². The van der Waals surface area contributed by atoms with E-state index in [2.05, 4.69) is 6.08 Å². The average Bonchev–Trinajstić information content (AvgIpc) is 2.45. The summed E-state index contributed by atoms with van der Waals surface area (Å²) in [5.74, 6) is -0.392.